The standard InChI is InChI=1S/C17H19NO/c1-11-10-17(2,3)18-14-9-8-12-13(16(11)14)6-5-7-15(12)19-4/h5-10,18H,1-4H3. The van der Waals surface area contributed by atoms with Crippen molar-refractivity contribution in [3.63, 3.8) is 0 Å². The molecule has 0 bridgehead atoms. The maximum absolute atomic E-state index is 5.45. The van der Waals surface area contributed by atoms with Crippen molar-refractivity contribution in [2.24, 2.45) is 0 Å². The Bertz CT molecular complexity index is 683. The van der Waals surface area contributed by atoms with Crippen LogP contribution in [0.5, 0.6) is 5.75 Å². The Morgan fingerprint density at radius 1 is 1.05 bits per heavy atom. The van der Waals surface area contributed by atoms with Gasteiger partial charge in [-0.15, -0.1) is 0 Å². The number of rotatable bonds is 1. The number of hydrogen-bond donors (Lipinski definition) is 1. The number of nitrogens with one attached hydrogen (secondary N) is 1. The molecule has 0 fully saturated rings. The molecule has 0 amide bonds. The van der Waals surface area contributed by atoms with Gasteiger partial charge in [0.1, 0.15) is 5.75 Å². The molecule has 0 atom stereocenters. The quantitative estimate of drug-likeness (QED) is 0.810. The Balaban J connectivity index is 2.34. The molecule has 19 heavy (non-hydrogen) atoms. The molecule has 0 radical (unpaired) electrons. The highest BCUT2D eigenvalue weighted by Crippen LogP contribution is 2.40. The molecule has 98 valence electrons. The Kier molecular flexibility index (Phi) is 2.56. The summed E-state index contributed by atoms with van der Waals surface area (Å²) in [4.78, 5) is 0. The van der Waals surface area contributed by atoms with E-state index in [-0.39, 0.29) is 5.54 Å². The van der Waals surface area contributed by atoms with E-state index in [2.05, 4.69) is 56.4 Å². The number of allylic oxidation sites excluding steroid dienone is 1. The molecule has 2 nitrogen and oxygen atoms in total. The summed E-state index contributed by atoms with van der Waals surface area (Å²) in [5.74, 6) is 0.929. The van der Waals surface area contributed by atoms with E-state index in [4.69, 9.17) is 4.74 Å². The predicted molar refractivity (Wildman–Crippen MR) is 81.9 cm³/mol. The van der Waals surface area contributed by atoms with Gasteiger partial charge in [-0.05, 0) is 49.9 Å². The molecule has 0 saturated heterocycles. The van der Waals surface area contributed by atoms with Crippen molar-refractivity contribution in [2.75, 3.05) is 12.4 Å². The van der Waals surface area contributed by atoms with Gasteiger partial charge in [0.15, 0.2) is 0 Å². The molecule has 0 spiro atoms. The van der Waals surface area contributed by atoms with Crippen molar-refractivity contribution < 1.29 is 4.74 Å². The van der Waals surface area contributed by atoms with Crippen molar-refractivity contribution in [3.8, 4) is 5.75 Å². The van der Waals surface area contributed by atoms with Crippen LogP contribution >= 0.6 is 0 Å². The molecule has 3 rings (SSSR count). The van der Waals surface area contributed by atoms with E-state index in [1.807, 2.05) is 6.07 Å². The fraction of sp³-hybridized carbons (Fsp3) is 0.294. The predicted octanol–water partition coefficient (Wildman–Crippen LogP) is 4.46. The van der Waals surface area contributed by atoms with Crippen LogP contribution in [-0.2, 0) is 0 Å². The molecule has 0 aromatic heterocycles. The first-order valence-electron chi connectivity index (χ1n) is 6.59. The molecular formula is C17H19NO. The van der Waals surface area contributed by atoms with Gasteiger partial charge in [-0.2, -0.15) is 0 Å². The fourth-order valence-corrected chi connectivity index (χ4v) is 3.03. The summed E-state index contributed by atoms with van der Waals surface area (Å²) in [5.41, 5.74) is 3.81. The van der Waals surface area contributed by atoms with E-state index in [1.165, 1.54) is 22.2 Å². The normalized spacial score (nSPS) is 16.5. The minimum absolute atomic E-state index is 0.00360. The molecule has 1 aliphatic heterocycles. The van der Waals surface area contributed by atoms with E-state index in [0.717, 1.165) is 11.1 Å². The second-order valence-electron chi connectivity index (χ2n) is 5.72. The minimum Gasteiger partial charge on any atom is -0.496 e. The summed E-state index contributed by atoms with van der Waals surface area (Å²) in [6.07, 6.45) is 2.29. The summed E-state index contributed by atoms with van der Waals surface area (Å²) in [5, 5.41) is 5.99. The molecule has 1 heterocycles. The number of methoxy groups -OCH3 is 1. The summed E-state index contributed by atoms with van der Waals surface area (Å²) in [6, 6.07) is 10.5. The van der Waals surface area contributed by atoms with Gasteiger partial charge in [0.25, 0.3) is 0 Å². The molecule has 2 aromatic rings. The molecule has 2 heteroatoms. The van der Waals surface area contributed by atoms with Crippen LogP contribution in [0.4, 0.5) is 5.69 Å². The van der Waals surface area contributed by atoms with Gasteiger partial charge in [-0.25, -0.2) is 0 Å². The average molecular weight is 253 g/mol. The second-order valence-corrected chi connectivity index (χ2v) is 5.72. The Morgan fingerprint density at radius 2 is 1.84 bits per heavy atom. The molecule has 1 aliphatic rings. The maximum Gasteiger partial charge on any atom is 0.126 e. The summed E-state index contributed by atoms with van der Waals surface area (Å²) in [6.45, 7) is 6.56. The molecule has 2 aromatic carbocycles. The molecule has 0 unspecified atom stereocenters. The summed E-state index contributed by atoms with van der Waals surface area (Å²) in [7, 11) is 1.72. The van der Waals surface area contributed by atoms with Crippen molar-refractivity contribution in [1.29, 1.82) is 0 Å². The monoisotopic (exact) mass is 253 g/mol. The number of benzene rings is 2. The van der Waals surface area contributed by atoms with Crippen molar-refractivity contribution >= 4 is 22.0 Å². The lowest BCUT2D eigenvalue weighted by molar-refractivity contribution is 0.420. The van der Waals surface area contributed by atoms with Crippen molar-refractivity contribution in [1.82, 2.24) is 0 Å². The maximum atomic E-state index is 5.45. The first-order valence-corrected chi connectivity index (χ1v) is 6.59. The number of anilines is 1. The minimum atomic E-state index is 0.00360. The first-order chi connectivity index (χ1) is 9.02. The zero-order valence-electron chi connectivity index (χ0n) is 11.9. The van der Waals surface area contributed by atoms with E-state index >= 15 is 0 Å². The number of fused-ring (bicyclic) bond motifs is 3. The number of ether oxygens (including phenoxy) is 1. The Morgan fingerprint density at radius 3 is 2.58 bits per heavy atom. The zero-order chi connectivity index (χ0) is 13.6. The van der Waals surface area contributed by atoms with Crippen LogP contribution in [0.1, 0.15) is 26.3 Å². The van der Waals surface area contributed by atoms with Crippen LogP contribution in [0.15, 0.2) is 36.4 Å². The van der Waals surface area contributed by atoms with Crippen LogP contribution in [-0.4, -0.2) is 12.6 Å². The van der Waals surface area contributed by atoms with E-state index in [0.29, 0.717) is 0 Å². The van der Waals surface area contributed by atoms with Crippen LogP contribution in [0, 0.1) is 0 Å². The van der Waals surface area contributed by atoms with Crippen LogP contribution < -0.4 is 10.1 Å². The van der Waals surface area contributed by atoms with Crippen molar-refractivity contribution in [2.45, 2.75) is 26.3 Å². The second kappa shape index (κ2) is 4.02. The zero-order valence-corrected chi connectivity index (χ0v) is 11.9. The van der Waals surface area contributed by atoms with Crippen LogP contribution in [0.2, 0.25) is 0 Å². The lowest BCUT2D eigenvalue weighted by Gasteiger charge is -2.32. The highest BCUT2D eigenvalue weighted by molar-refractivity contribution is 6.02. The van der Waals surface area contributed by atoms with Crippen LogP contribution in [0.3, 0.4) is 0 Å². The lowest BCUT2D eigenvalue weighted by Crippen LogP contribution is -2.31. The van der Waals surface area contributed by atoms with Gasteiger partial charge < -0.3 is 10.1 Å². The van der Waals surface area contributed by atoms with Gasteiger partial charge in [0.2, 0.25) is 0 Å². The smallest absolute Gasteiger partial charge is 0.126 e. The molecule has 0 aliphatic carbocycles. The highest BCUT2D eigenvalue weighted by Gasteiger charge is 2.24. The Hall–Kier alpha value is -1.96. The molecule has 1 N–H and O–H groups in total. The third-order valence-corrected chi connectivity index (χ3v) is 3.67. The third-order valence-electron chi connectivity index (χ3n) is 3.67. The summed E-state index contributed by atoms with van der Waals surface area (Å²) >= 11 is 0. The topological polar surface area (TPSA) is 21.3 Å². The average Bonchev–Trinajstić information content (AvgIpc) is 2.35. The van der Waals surface area contributed by atoms with E-state index in [1.54, 1.807) is 7.11 Å². The third kappa shape index (κ3) is 1.88. The highest BCUT2D eigenvalue weighted by atomic mass is 16.5. The van der Waals surface area contributed by atoms with Gasteiger partial charge in [-0.1, -0.05) is 18.2 Å². The van der Waals surface area contributed by atoms with Gasteiger partial charge >= 0.3 is 0 Å². The molecular weight excluding hydrogens is 234 g/mol. The fourth-order valence-electron chi connectivity index (χ4n) is 3.03. The van der Waals surface area contributed by atoms with Gasteiger partial charge in [-0.3, -0.25) is 0 Å². The van der Waals surface area contributed by atoms with Gasteiger partial charge in [0.05, 0.1) is 12.6 Å². The largest absolute Gasteiger partial charge is 0.496 e. The lowest BCUT2D eigenvalue weighted by atomic mass is 9.88. The number of hydrogen-bond acceptors (Lipinski definition) is 2. The SMILES string of the molecule is COc1cccc2c3c(ccc12)NC(C)(C)C=C3C. The van der Waals surface area contributed by atoms with Crippen molar-refractivity contribution in [3.05, 3.63) is 42.0 Å². The molecule has 0 saturated carbocycles. The van der Waals surface area contributed by atoms with Gasteiger partial charge in [0, 0.05) is 16.6 Å². The summed E-state index contributed by atoms with van der Waals surface area (Å²) < 4.78 is 5.45. The van der Waals surface area contributed by atoms with E-state index < -0.39 is 0 Å². The first kappa shape index (κ1) is 12.1. The van der Waals surface area contributed by atoms with E-state index in [9.17, 15) is 0 Å². The van der Waals surface area contributed by atoms with Crippen LogP contribution in [0.25, 0.3) is 16.3 Å². The Labute approximate surface area is 114 Å².